The molecule has 0 bridgehead atoms. The molecule has 2 heterocycles. The van der Waals surface area contributed by atoms with Crippen molar-refractivity contribution in [3.63, 3.8) is 0 Å². The normalized spacial score (nSPS) is 23.2. The molecule has 0 saturated carbocycles. The number of likely N-dealkylation sites (tertiary alicyclic amines) is 2. The van der Waals surface area contributed by atoms with Crippen LogP contribution in [0, 0.1) is 0 Å². The number of hydrogen-bond acceptors (Lipinski definition) is 3. The maximum Gasteiger partial charge on any atom is 0.245 e. The molecule has 2 saturated heterocycles. The van der Waals surface area contributed by atoms with Crippen LogP contribution in [0.3, 0.4) is 0 Å². The third-order valence-electron chi connectivity index (χ3n) is 5.27. The van der Waals surface area contributed by atoms with E-state index in [0.29, 0.717) is 32.4 Å². The zero-order valence-electron chi connectivity index (χ0n) is 14.9. The van der Waals surface area contributed by atoms with Crippen molar-refractivity contribution in [2.45, 2.75) is 37.8 Å². The van der Waals surface area contributed by atoms with Gasteiger partial charge in [0.25, 0.3) is 0 Å². The highest BCUT2D eigenvalue weighted by atomic mass is 16.2. The summed E-state index contributed by atoms with van der Waals surface area (Å²) < 4.78 is 0. The Hall–Kier alpha value is -2.37. The van der Waals surface area contributed by atoms with E-state index in [1.54, 1.807) is 28.8 Å². The summed E-state index contributed by atoms with van der Waals surface area (Å²) in [6.45, 7) is 1.27. The molecule has 1 aromatic carbocycles. The van der Waals surface area contributed by atoms with Crippen LogP contribution < -0.4 is 0 Å². The average molecular weight is 343 g/mol. The third kappa shape index (κ3) is 3.52. The Morgan fingerprint density at radius 3 is 2.52 bits per heavy atom. The molecule has 6 heteroatoms. The largest absolute Gasteiger partial charge is 0.344 e. The summed E-state index contributed by atoms with van der Waals surface area (Å²) in [5, 5.41) is 0. The van der Waals surface area contributed by atoms with Gasteiger partial charge in [0.15, 0.2) is 0 Å². The van der Waals surface area contributed by atoms with E-state index in [9.17, 15) is 14.4 Å². The zero-order valence-corrected chi connectivity index (χ0v) is 14.9. The fourth-order valence-corrected chi connectivity index (χ4v) is 3.75. The molecule has 2 aliphatic heterocycles. The zero-order chi connectivity index (χ0) is 18.0. The lowest BCUT2D eigenvalue weighted by Gasteiger charge is -2.30. The lowest BCUT2D eigenvalue weighted by atomic mass is 10.1. The molecule has 0 aromatic heterocycles. The summed E-state index contributed by atoms with van der Waals surface area (Å²) in [6.07, 6.45) is 2.45. The molecule has 25 heavy (non-hydrogen) atoms. The summed E-state index contributed by atoms with van der Waals surface area (Å²) in [6, 6.07) is 8.73. The highest BCUT2D eigenvalue weighted by Gasteiger charge is 2.40. The molecule has 0 aliphatic carbocycles. The first-order valence-electron chi connectivity index (χ1n) is 8.84. The van der Waals surface area contributed by atoms with E-state index in [2.05, 4.69) is 0 Å². The van der Waals surface area contributed by atoms with Gasteiger partial charge in [-0.25, -0.2) is 0 Å². The topological polar surface area (TPSA) is 60.9 Å². The van der Waals surface area contributed by atoms with E-state index in [1.165, 1.54) is 0 Å². The van der Waals surface area contributed by atoms with E-state index in [4.69, 9.17) is 0 Å². The van der Waals surface area contributed by atoms with Crippen molar-refractivity contribution < 1.29 is 14.4 Å². The highest BCUT2D eigenvalue weighted by Crippen LogP contribution is 2.23. The summed E-state index contributed by atoms with van der Waals surface area (Å²) in [5.41, 5.74) is 0.951. The number of rotatable bonds is 4. The molecule has 0 spiro atoms. The summed E-state index contributed by atoms with van der Waals surface area (Å²) >= 11 is 0. The second kappa shape index (κ2) is 7.25. The molecule has 6 nitrogen and oxygen atoms in total. The molecule has 0 radical (unpaired) electrons. The van der Waals surface area contributed by atoms with Gasteiger partial charge in [-0.1, -0.05) is 30.3 Å². The minimum Gasteiger partial charge on any atom is -0.344 e. The van der Waals surface area contributed by atoms with Gasteiger partial charge < -0.3 is 14.7 Å². The molecule has 2 unspecified atom stereocenters. The lowest BCUT2D eigenvalue weighted by molar-refractivity contribution is -0.146. The van der Waals surface area contributed by atoms with Gasteiger partial charge in [-0.3, -0.25) is 14.4 Å². The number of carbonyl (C=O) groups excluding carboxylic acids is 3. The van der Waals surface area contributed by atoms with Crippen LogP contribution in [0.15, 0.2) is 30.3 Å². The van der Waals surface area contributed by atoms with Crippen molar-refractivity contribution in [3.8, 4) is 0 Å². The maximum absolute atomic E-state index is 12.9. The van der Waals surface area contributed by atoms with Crippen LogP contribution in [-0.4, -0.2) is 71.7 Å². The quantitative estimate of drug-likeness (QED) is 0.816. The lowest BCUT2D eigenvalue weighted by Crippen LogP contribution is -2.51. The Morgan fingerprint density at radius 1 is 1.16 bits per heavy atom. The molecule has 134 valence electrons. The van der Waals surface area contributed by atoms with Crippen molar-refractivity contribution in [2.75, 3.05) is 27.2 Å². The van der Waals surface area contributed by atoms with Crippen molar-refractivity contribution in [2.24, 2.45) is 0 Å². The number of carbonyl (C=O) groups is 3. The Balaban J connectivity index is 1.67. The van der Waals surface area contributed by atoms with E-state index in [-0.39, 0.29) is 17.7 Å². The minimum absolute atomic E-state index is 0.0176. The van der Waals surface area contributed by atoms with Crippen molar-refractivity contribution in [1.82, 2.24) is 14.7 Å². The first-order valence-corrected chi connectivity index (χ1v) is 8.84. The van der Waals surface area contributed by atoms with E-state index >= 15 is 0 Å². The Morgan fingerprint density at radius 2 is 1.88 bits per heavy atom. The number of amides is 3. The predicted octanol–water partition coefficient (Wildman–Crippen LogP) is 0.909. The van der Waals surface area contributed by atoms with Crippen LogP contribution in [0.1, 0.15) is 24.8 Å². The van der Waals surface area contributed by atoms with Crippen LogP contribution in [0.2, 0.25) is 0 Å². The number of likely N-dealkylation sites (N-methyl/N-ethyl adjacent to an activating group) is 2. The number of nitrogens with zero attached hydrogens (tertiary/aromatic N) is 3. The van der Waals surface area contributed by atoms with Crippen molar-refractivity contribution in [3.05, 3.63) is 35.9 Å². The minimum atomic E-state index is -0.445. The summed E-state index contributed by atoms with van der Waals surface area (Å²) in [4.78, 5) is 42.6. The Labute approximate surface area is 148 Å². The second-order valence-electron chi connectivity index (χ2n) is 6.92. The van der Waals surface area contributed by atoms with Crippen LogP contribution in [-0.2, 0) is 20.8 Å². The molecule has 2 fully saturated rings. The van der Waals surface area contributed by atoms with Gasteiger partial charge >= 0.3 is 0 Å². The van der Waals surface area contributed by atoms with Crippen molar-refractivity contribution in [1.29, 1.82) is 0 Å². The van der Waals surface area contributed by atoms with Crippen LogP contribution in [0.25, 0.3) is 0 Å². The van der Waals surface area contributed by atoms with Gasteiger partial charge in [-0.05, 0) is 24.8 Å². The summed E-state index contributed by atoms with van der Waals surface area (Å²) in [7, 11) is 3.44. The third-order valence-corrected chi connectivity index (χ3v) is 5.27. The van der Waals surface area contributed by atoms with E-state index in [0.717, 1.165) is 12.0 Å². The molecule has 3 rings (SSSR count). The predicted molar refractivity (Wildman–Crippen MR) is 93.7 cm³/mol. The average Bonchev–Trinajstić information content (AvgIpc) is 3.22. The first kappa shape index (κ1) is 17.5. The monoisotopic (exact) mass is 343 g/mol. The second-order valence-corrected chi connectivity index (χ2v) is 6.92. The van der Waals surface area contributed by atoms with Crippen LogP contribution in [0.4, 0.5) is 0 Å². The molecule has 0 N–H and O–H groups in total. The number of benzene rings is 1. The SMILES string of the molecule is CN1CCC(N(C)C(=O)C2CCCN2C(=O)Cc2ccccc2)C1=O. The van der Waals surface area contributed by atoms with E-state index < -0.39 is 12.1 Å². The van der Waals surface area contributed by atoms with Gasteiger partial charge in [0, 0.05) is 27.2 Å². The van der Waals surface area contributed by atoms with E-state index in [1.807, 2.05) is 30.3 Å². The number of hydrogen-bond donors (Lipinski definition) is 0. The van der Waals surface area contributed by atoms with Crippen molar-refractivity contribution >= 4 is 17.7 Å². The fourth-order valence-electron chi connectivity index (χ4n) is 3.75. The molecule has 3 amide bonds. The smallest absolute Gasteiger partial charge is 0.245 e. The fraction of sp³-hybridized carbons (Fsp3) is 0.526. The standard InChI is InChI=1S/C19H25N3O3/c1-20-12-10-15(18(20)24)21(2)19(25)16-9-6-11-22(16)17(23)13-14-7-4-3-5-8-14/h3-5,7-8,15-16H,6,9-13H2,1-2H3. The van der Waals surface area contributed by atoms with Gasteiger partial charge in [0.1, 0.15) is 12.1 Å². The molecular weight excluding hydrogens is 318 g/mol. The Kier molecular flexibility index (Phi) is 5.06. The molecule has 2 atom stereocenters. The van der Waals surface area contributed by atoms with Crippen LogP contribution >= 0.6 is 0 Å². The van der Waals surface area contributed by atoms with Gasteiger partial charge in [-0.15, -0.1) is 0 Å². The Bertz CT molecular complexity index is 661. The first-order chi connectivity index (χ1) is 12.0. The summed E-state index contributed by atoms with van der Waals surface area (Å²) in [5.74, 6) is -0.158. The van der Waals surface area contributed by atoms with Gasteiger partial charge in [0.2, 0.25) is 17.7 Å². The maximum atomic E-state index is 12.9. The molecule has 1 aromatic rings. The highest BCUT2D eigenvalue weighted by molar-refractivity contribution is 5.93. The molecule has 2 aliphatic rings. The van der Waals surface area contributed by atoms with Gasteiger partial charge in [-0.2, -0.15) is 0 Å². The van der Waals surface area contributed by atoms with Gasteiger partial charge in [0.05, 0.1) is 6.42 Å². The van der Waals surface area contributed by atoms with Crippen LogP contribution in [0.5, 0.6) is 0 Å². The molecular formula is C19H25N3O3.